The summed E-state index contributed by atoms with van der Waals surface area (Å²) in [5.74, 6) is 0.217. The molecule has 0 saturated carbocycles. The Balaban J connectivity index is 3.74. The normalized spacial score (nSPS) is 17.1. The van der Waals surface area contributed by atoms with Gasteiger partial charge in [-0.1, -0.05) is 13.8 Å². The fourth-order valence-electron chi connectivity index (χ4n) is 1.53. The smallest absolute Gasteiger partial charge is 0.237 e. The molecule has 4 heteroatoms. The van der Waals surface area contributed by atoms with Gasteiger partial charge in [0.25, 0.3) is 0 Å². The Hall–Kier alpha value is -0.610. The van der Waals surface area contributed by atoms with Gasteiger partial charge >= 0.3 is 0 Å². The number of hydrogen-bond donors (Lipinski definition) is 2. The molecule has 2 unspecified atom stereocenters. The van der Waals surface area contributed by atoms with E-state index in [4.69, 9.17) is 16.2 Å². The largest absolute Gasteiger partial charge is 0.378 e. The number of primary amides is 1. The van der Waals surface area contributed by atoms with Gasteiger partial charge in [0.15, 0.2) is 0 Å². The van der Waals surface area contributed by atoms with Gasteiger partial charge < -0.3 is 16.2 Å². The highest BCUT2D eigenvalue weighted by atomic mass is 16.5. The van der Waals surface area contributed by atoms with Gasteiger partial charge in [-0.05, 0) is 39.0 Å². The fourth-order valence-corrected chi connectivity index (χ4v) is 1.53. The molecule has 0 bridgehead atoms. The van der Waals surface area contributed by atoms with E-state index in [9.17, 15) is 4.79 Å². The minimum Gasteiger partial charge on any atom is -0.378 e. The summed E-state index contributed by atoms with van der Waals surface area (Å²) in [6.07, 6.45) is 2.63. The summed E-state index contributed by atoms with van der Waals surface area (Å²) in [4.78, 5) is 11.0. The Labute approximate surface area is 98.7 Å². The minimum absolute atomic E-state index is 0.0327. The molecule has 0 aromatic rings. The molecular weight excluding hydrogens is 204 g/mol. The molecule has 4 N–H and O–H groups in total. The maximum absolute atomic E-state index is 11.0. The highest BCUT2D eigenvalue weighted by Gasteiger charge is 2.28. The van der Waals surface area contributed by atoms with Gasteiger partial charge in [-0.2, -0.15) is 0 Å². The van der Waals surface area contributed by atoms with Gasteiger partial charge in [0.1, 0.15) is 0 Å². The molecule has 0 aliphatic rings. The molecule has 4 nitrogen and oxygen atoms in total. The van der Waals surface area contributed by atoms with Crippen LogP contribution >= 0.6 is 0 Å². The van der Waals surface area contributed by atoms with Crippen LogP contribution in [0.4, 0.5) is 0 Å². The van der Waals surface area contributed by atoms with Crippen LogP contribution in [0.25, 0.3) is 0 Å². The lowest BCUT2D eigenvalue weighted by atomic mass is 9.95. The van der Waals surface area contributed by atoms with Crippen molar-refractivity contribution >= 4 is 5.91 Å². The predicted octanol–water partition coefficient (Wildman–Crippen LogP) is 1.42. The fraction of sp³-hybridized carbons (Fsp3) is 0.917. The quantitative estimate of drug-likeness (QED) is 0.619. The van der Waals surface area contributed by atoms with Gasteiger partial charge in [-0.3, -0.25) is 4.79 Å². The lowest BCUT2D eigenvalue weighted by Crippen LogP contribution is -2.51. The van der Waals surface area contributed by atoms with E-state index in [-0.39, 0.29) is 6.10 Å². The Morgan fingerprint density at radius 1 is 1.38 bits per heavy atom. The summed E-state index contributed by atoms with van der Waals surface area (Å²) in [6, 6.07) is 0. The molecular formula is C12H26N2O2. The third kappa shape index (κ3) is 6.80. The van der Waals surface area contributed by atoms with Crippen molar-refractivity contribution in [2.45, 2.75) is 58.6 Å². The first-order chi connectivity index (χ1) is 7.25. The summed E-state index contributed by atoms with van der Waals surface area (Å²) >= 11 is 0. The van der Waals surface area contributed by atoms with Crippen molar-refractivity contribution in [1.29, 1.82) is 0 Å². The zero-order valence-corrected chi connectivity index (χ0v) is 11.0. The third-order valence-corrected chi connectivity index (χ3v) is 2.60. The molecule has 0 aromatic heterocycles. The van der Waals surface area contributed by atoms with Gasteiger partial charge in [-0.15, -0.1) is 0 Å². The maximum Gasteiger partial charge on any atom is 0.237 e. The molecule has 0 radical (unpaired) electrons. The van der Waals surface area contributed by atoms with E-state index in [1.54, 1.807) is 6.92 Å². The van der Waals surface area contributed by atoms with Crippen molar-refractivity contribution in [1.82, 2.24) is 0 Å². The second-order valence-electron chi connectivity index (χ2n) is 5.20. The van der Waals surface area contributed by atoms with Crippen molar-refractivity contribution in [3.8, 4) is 0 Å². The molecule has 0 fully saturated rings. The molecule has 0 saturated heterocycles. The van der Waals surface area contributed by atoms with Crippen LogP contribution in [-0.2, 0) is 9.53 Å². The second kappa shape index (κ2) is 6.86. The molecule has 1 amide bonds. The molecule has 0 rings (SSSR count). The monoisotopic (exact) mass is 230 g/mol. The number of amides is 1. The average Bonchev–Trinajstić information content (AvgIpc) is 2.11. The molecule has 0 spiro atoms. The molecule has 0 aromatic carbocycles. The first kappa shape index (κ1) is 15.4. The van der Waals surface area contributed by atoms with Gasteiger partial charge in [0, 0.05) is 6.61 Å². The van der Waals surface area contributed by atoms with E-state index in [2.05, 4.69) is 13.8 Å². The number of hydrogen-bond acceptors (Lipinski definition) is 3. The van der Waals surface area contributed by atoms with Gasteiger partial charge in [0.05, 0.1) is 11.6 Å². The summed E-state index contributed by atoms with van der Waals surface area (Å²) in [7, 11) is 0. The number of carbonyl (C=O) groups excluding carboxylic acids is 1. The highest BCUT2D eigenvalue weighted by Crippen LogP contribution is 2.12. The number of rotatable bonds is 8. The molecule has 16 heavy (non-hydrogen) atoms. The molecule has 0 aliphatic heterocycles. The summed E-state index contributed by atoms with van der Waals surface area (Å²) in [6.45, 7) is 8.65. The predicted molar refractivity (Wildman–Crippen MR) is 65.9 cm³/mol. The van der Waals surface area contributed by atoms with E-state index in [1.165, 1.54) is 0 Å². The Kier molecular flexibility index (Phi) is 6.60. The number of ether oxygens (including phenoxy) is 1. The first-order valence-corrected chi connectivity index (χ1v) is 5.96. The minimum atomic E-state index is -0.975. The third-order valence-electron chi connectivity index (χ3n) is 2.60. The van der Waals surface area contributed by atoms with Crippen molar-refractivity contribution in [3.05, 3.63) is 0 Å². The highest BCUT2D eigenvalue weighted by molar-refractivity contribution is 5.83. The van der Waals surface area contributed by atoms with Crippen molar-refractivity contribution in [2.24, 2.45) is 17.4 Å². The van der Waals surface area contributed by atoms with Crippen LogP contribution in [0.1, 0.15) is 47.0 Å². The van der Waals surface area contributed by atoms with E-state index >= 15 is 0 Å². The van der Waals surface area contributed by atoms with E-state index in [0.717, 1.165) is 12.8 Å². The van der Waals surface area contributed by atoms with Crippen LogP contribution in [0, 0.1) is 5.92 Å². The van der Waals surface area contributed by atoms with Gasteiger partial charge in [0.2, 0.25) is 5.91 Å². The van der Waals surface area contributed by atoms with Crippen molar-refractivity contribution < 1.29 is 9.53 Å². The zero-order valence-electron chi connectivity index (χ0n) is 11.0. The van der Waals surface area contributed by atoms with Crippen LogP contribution < -0.4 is 11.5 Å². The molecule has 0 heterocycles. The lowest BCUT2D eigenvalue weighted by Gasteiger charge is -2.24. The first-order valence-electron chi connectivity index (χ1n) is 5.96. The Morgan fingerprint density at radius 2 is 1.94 bits per heavy atom. The number of nitrogens with two attached hydrogens (primary N) is 2. The van der Waals surface area contributed by atoms with Crippen molar-refractivity contribution in [3.63, 3.8) is 0 Å². The summed E-state index contributed by atoms with van der Waals surface area (Å²) < 4.78 is 5.59. The number of carbonyl (C=O) groups is 1. The Bertz CT molecular complexity index is 215. The second-order valence-corrected chi connectivity index (χ2v) is 5.20. The van der Waals surface area contributed by atoms with Crippen LogP contribution in [0.15, 0.2) is 0 Å². The molecule has 0 aliphatic carbocycles. The summed E-state index contributed by atoms with van der Waals surface area (Å²) in [5.41, 5.74) is 9.98. The van der Waals surface area contributed by atoms with E-state index in [0.29, 0.717) is 18.9 Å². The summed E-state index contributed by atoms with van der Waals surface area (Å²) in [5, 5.41) is 0. The van der Waals surface area contributed by atoms with E-state index < -0.39 is 11.4 Å². The van der Waals surface area contributed by atoms with Crippen LogP contribution in [0.2, 0.25) is 0 Å². The molecule has 96 valence electrons. The Morgan fingerprint density at radius 3 is 2.38 bits per heavy atom. The lowest BCUT2D eigenvalue weighted by molar-refractivity contribution is -0.124. The van der Waals surface area contributed by atoms with Gasteiger partial charge in [-0.25, -0.2) is 0 Å². The van der Waals surface area contributed by atoms with E-state index in [1.807, 2.05) is 6.92 Å². The van der Waals surface area contributed by atoms with Crippen LogP contribution in [0.3, 0.4) is 0 Å². The maximum atomic E-state index is 11.0. The topological polar surface area (TPSA) is 78.3 Å². The SMILES string of the molecule is CC(C)CCCOC(C)CC(C)(N)C(N)=O. The standard InChI is InChI=1S/C12H26N2O2/c1-9(2)6-5-7-16-10(3)8-12(4,14)11(13)15/h9-10H,5-8,14H2,1-4H3,(H2,13,15). The van der Waals surface area contributed by atoms with Crippen LogP contribution in [-0.4, -0.2) is 24.2 Å². The zero-order chi connectivity index (χ0) is 12.8. The van der Waals surface area contributed by atoms with Crippen molar-refractivity contribution in [2.75, 3.05) is 6.61 Å². The van der Waals surface area contributed by atoms with Crippen LogP contribution in [0.5, 0.6) is 0 Å². The molecule has 2 atom stereocenters. The average molecular weight is 230 g/mol.